The van der Waals surface area contributed by atoms with E-state index in [1.54, 1.807) is 6.92 Å². The zero-order chi connectivity index (χ0) is 14.7. The Labute approximate surface area is 117 Å². The number of nitrogens with two attached hydrogens (primary N) is 1. The van der Waals surface area contributed by atoms with Gasteiger partial charge >= 0.3 is 5.97 Å². The molecule has 2 N–H and O–H groups in total. The predicted octanol–water partition coefficient (Wildman–Crippen LogP) is 3.93. The molecule has 0 aromatic rings. The van der Waals surface area contributed by atoms with Gasteiger partial charge in [-0.25, -0.2) is 0 Å². The minimum absolute atomic E-state index is 0.211. The maximum absolute atomic E-state index is 9.82. The van der Waals surface area contributed by atoms with Crippen LogP contribution in [0, 0.1) is 5.92 Å². The standard InChI is InChI=1S/C8H15NS.C4H8O2.C2H6/c1-5-4-6(2)10-8(9)7(5)3;1-3-6-4(2)5;1-2/h5-6H,4,9H2,1-3H3;3H2,1-2H3;1-2H3. The van der Waals surface area contributed by atoms with Gasteiger partial charge in [0.2, 0.25) is 0 Å². The van der Waals surface area contributed by atoms with Gasteiger partial charge in [0.05, 0.1) is 11.6 Å². The zero-order valence-electron chi connectivity index (χ0n) is 12.9. The molecule has 1 aliphatic rings. The Balaban J connectivity index is 0. The molecular formula is C14H29NO2S. The van der Waals surface area contributed by atoms with Crippen molar-refractivity contribution >= 4 is 17.7 Å². The fraction of sp³-hybridized carbons (Fsp3) is 0.786. The number of esters is 1. The molecule has 0 radical (unpaired) electrons. The van der Waals surface area contributed by atoms with Crippen LogP contribution in [0.4, 0.5) is 0 Å². The van der Waals surface area contributed by atoms with Crippen molar-refractivity contribution in [1.29, 1.82) is 0 Å². The van der Waals surface area contributed by atoms with Gasteiger partial charge in [0.25, 0.3) is 0 Å². The smallest absolute Gasteiger partial charge is 0.302 e. The Kier molecular flexibility index (Phi) is 12.5. The molecule has 0 aromatic carbocycles. The van der Waals surface area contributed by atoms with Gasteiger partial charge in [-0.3, -0.25) is 4.79 Å². The van der Waals surface area contributed by atoms with Gasteiger partial charge in [-0.15, -0.1) is 11.8 Å². The molecule has 4 heteroatoms. The van der Waals surface area contributed by atoms with Crippen LogP contribution in [0.3, 0.4) is 0 Å². The van der Waals surface area contributed by atoms with Crippen molar-refractivity contribution in [3.63, 3.8) is 0 Å². The topological polar surface area (TPSA) is 52.3 Å². The first kappa shape index (κ1) is 19.7. The van der Waals surface area contributed by atoms with Crippen LogP contribution in [0.25, 0.3) is 0 Å². The fourth-order valence-corrected chi connectivity index (χ4v) is 2.68. The van der Waals surface area contributed by atoms with E-state index in [0.29, 0.717) is 17.8 Å². The molecular weight excluding hydrogens is 246 g/mol. The van der Waals surface area contributed by atoms with Crippen LogP contribution >= 0.6 is 11.8 Å². The van der Waals surface area contributed by atoms with E-state index in [1.807, 2.05) is 25.6 Å². The van der Waals surface area contributed by atoms with Crippen LogP contribution in [0.5, 0.6) is 0 Å². The third-order valence-corrected chi connectivity index (χ3v) is 3.66. The Morgan fingerprint density at radius 2 is 1.94 bits per heavy atom. The number of thioether (sulfide) groups is 1. The SMILES string of the molecule is CC.CC1=C(N)SC(C)CC1C.CCOC(C)=O. The molecule has 0 saturated heterocycles. The lowest BCUT2D eigenvalue weighted by Gasteiger charge is -2.25. The molecule has 2 unspecified atom stereocenters. The van der Waals surface area contributed by atoms with Crippen LogP contribution in [0.15, 0.2) is 10.6 Å². The van der Waals surface area contributed by atoms with Gasteiger partial charge in [-0.05, 0) is 31.8 Å². The summed E-state index contributed by atoms with van der Waals surface area (Å²) in [6.45, 7) is 14.3. The lowest BCUT2D eigenvalue weighted by Crippen LogP contribution is -2.16. The molecule has 1 heterocycles. The molecule has 0 aliphatic carbocycles. The minimum Gasteiger partial charge on any atom is -0.466 e. The number of hydrogen-bond acceptors (Lipinski definition) is 4. The van der Waals surface area contributed by atoms with Gasteiger partial charge in [0, 0.05) is 12.2 Å². The van der Waals surface area contributed by atoms with E-state index in [-0.39, 0.29) is 5.97 Å². The highest BCUT2D eigenvalue weighted by atomic mass is 32.2. The summed E-state index contributed by atoms with van der Waals surface area (Å²) in [5.74, 6) is 0.480. The van der Waals surface area contributed by atoms with E-state index in [1.165, 1.54) is 18.9 Å². The molecule has 0 aromatic heterocycles. The zero-order valence-corrected chi connectivity index (χ0v) is 13.7. The average molecular weight is 275 g/mol. The number of rotatable bonds is 1. The summed E-state index contributed by atoms with van der Waals surface area (Å²) in [6.07, 6.45) is 1.27. The van der Waals surface area contributed by atoms with Crippen molar-refractivity contribution in [3.8, 4) is 0 Å². The number of carbonyl (C=O) groups excluding carboxylic acids is 1. The first-order valence-electron chi connectivity index (χ1n) is 6.64. The summed E-state index contributed by atoms with van der Waals surface area (Å²) in [5.41, 5.74) is 7.18. The highest BCUT2D eigenvalue weighted by molar-refractivity contribution is 8.03. The number of hydrogen-bond donors (Lipinski definition) is 1. The Morgan fingerprint density at radius 1 is 1.44 bits per heavy atom. The van der Waals surface area contributed by atoms with Gasteiger partial charge in [-0.2, -0.15) is 0 Å². The molecule has 1 aliphatic heterocycles. The maximum Gasteiger partial charge on any atom is 0.302 e. The van der Waals surface area contributed by atoms with Crippen LogP contribution < -0.4 is 5.73 Å². The summed E-state index contributed by atoms with van der Waals surface area (Å²) in [5, 5.41) is 1.75. The molecule has 3 nitrogen and oxygen atoms in total. The van der Waals surface area contributed by atoms with Crippen LogP contribution in [0.2, 0.25) is 0 Å². The second-order valence-corrected chi connectivity index (χ2v) is 5.52. The van der Waals surface area contributed by atoms with E-state index in [9.17, 15) is 4.79 Å². The summed E-state index contributed by atoms with van der Waals surface area (Å²) in [4.78, 5) is 9.82. The maximum atomic E-state index is 9.82. The van der Waals surface area contributed by atoms with Crippen molar-refractivity contribution < 1.29 is 9.53 Å². The van der Waals surface area contributed by atoms with Crippen molar-refractivity contribution in [2.24, 2.45) is 11.7 Å². The first-order valence-corrected chi connectivity index (χ1v) is 7.52. The molecule has 2 atom stereocenters. The van der Waals surface area contributed by atoms with Crippen molar-refractivity contribution in [3.05, 3.63) is 10.6 Å². The highest BCUT2D eigenvalue weighted by Gasteiger charge is 2.19. The van der Waals surface area contributed by atoms with E-state index < -0.39 is 0 Å². The highest BCUT2D eigenvalue weighted by Crippen LogP contribution is 2.35. The summed E-state index contributed by atoms with van der Waals surface area (Å²) in [6, 6.07) is 0. The van der Waals surface area contributed by atoms with E-state index in [0.717, 1.165) is 5.03 Å². The van der Waals surface area contributed by atoms with E-state index in [2.05, 4.69) is 25.5 Å². The second kappa shape index (κ2) is 11.5. The van der Waals surface area contributed by atoms with Gasteiger partial charge < -0.3 is 10.5 Å². The molecule has 18 heavy (non-hydrogen) atoms. The molecule has 0 spiro atoms. The van der Waals surface area contributed by atoms with E-state index >= 15 is 0 Å². The average Bonchev–Trinajstić information content (AvgIpc) is 2.29. The Hall–Kier alpha value is -0.640. The van der Waals surface area contributed by atoms with Crippen molar-refractivity contribution in [2.45, 2.75) is 60.1 Å². The molecule has 108 valence electrons. The summed E-state index contributed by atoms with van der Waals surface area (Å²) < 4.78 is 4.40. The third-order valence-electron chi connectivity index (χ3n) is 2.49. The van der Waals surface area contributed by atoms with Gasteiger partial charge in [0.1, 0.15) is 0 Å². The van der Waals surface area contributed by atoms with Crippen LogP contribution in [0.1, 0.15) is 54.9 Å². The van der Waals surface area contributed by atoms with Crippen molar-refractivity contribution in [2.75, 3.05) is 6.61 Å². The van der Waals surface area contributed by atoms with Crippen LogP contribution in [-0.4, -0.2) is 17.8 Å². The molecule has 1 rings (SSSR count). The predicted molar refractivity (Wildman–Crippen MR) is 81.4 cm³/mol. The van der Waals surface area contributed by atoms with Crippen molar-refractivity contribution in [1.82, 2.24) is 0 Å². The number of carbonyl (C=O) groups is 1. The second-order valence-electron chi connectivity index (χ2n) is 4.04. The Bertz CT molecular complexity index is 265. The van der Waals surface area contributed by atoms with Gasteiger partial charge in [0.15, 0.2) is 0 Å². The van der Waals surface area contributed by atoms with Gasteiger partial charge in [-0.1, -0.05) is 27.7 Å². The monoisotopic (exact) mass is 275 g/mol. The largest absolute Gasteiger partial charge is 0.466 e. The van der Waals surface area contributed by atoms with E-state index in [4.69, 9.17) is 5.73 Å². The molecule has 0 bridgehead atoms. The molecule has 0 amide bonds. The normalized spacial score (nSPS) is 22.2. The third kappa shape index (κ3) is 9.40. The molecule has 0 fully saturated rings. The summed E-state index contributed by atoms with van der Waals surface area (Å²) in [7, 11) is 0. The Morgan fingerprint density at radius 3 is 2.22 bits per heavy atom. The fourth-order valence-electron chi connectivity index (χ4n) is 1.48. The lowest BCUT2D eigenvalue weighted by atomic mass is 9.98. The first-order chi connectivity index (χ1) is 8.38. The molecule has 0 saturated carbocycles. The minimum atomic E-state index is -0.211. The lowest BCUT2D eigenvalue weighted by molar-refractivity contribution is -0.140. The summed E-state index contributed by atoms with van der Waals surface area (Å²) >= 11 is 1.81. The number of allylic oxidation sites excluding steroid dienone is 1. The number of ether oxygens (including phenoxy) is 1. The quantitative estimate of drug-likeness (QED) is 0.737. The van der Waals surface area contributed by atoms with Crippen LogP contribution in [-0.2, 0) is 9.53 Å².